The number of pyridine rings is 1. The largest absolute Gasteiger partial charge is 0.337 e. The highest BCUT2D eigenvalue weighted by Crippen LogP contribution is 2.04. The van der Waals surface area contributed by atoms with Crippen molar-refractivity contribution in [3.8, 4) is 6.07 Å². The molecule has 1 aromatic rings. The minimum Gasteiger partial charge on any atom is -0.337 e. The van der Waals surface area contributed by atoms with E-state index in [9.17, 15) is 4.79 Å². The normalized spacial score (nSPS) is 9.56. The van der Waals surface area contributed by atoms with Gasteiger partial charge in [-0.25, -0.2) is 4.98 Å². The molecule has 84 valence electrons. The lowest BCUT2D eigenvalue weighted by molar-refractivity contribution is 0.0769. The van der Waals surface area contributed by atoms with Crippen molar-refractivity contribution in [1.82, 2.24) is 9.88 Å². The standard InChI is InChI=1S/C11H12BrN3O/c1-2-15(6-5-12)11(16)10-4-3-9(7-13)8-14-10/h3-4,8H,2,5-6H2,1H3. The third-order valence-corrected chi connectivity index (χ3v) is 2.49. The molecule has 1 rings (SSSR count). The van der Waals surface area contributed by atoms with Crippen LogP contribution in [0.25, 0.3) is 0 Å². The van der Waals surface area contributed by atoms with Gasteiger partial charge in [-0.05, 0) is 19.1 Å². The molecule has 0 aliphatic rings. The molecule has 0 aromatic carbocycles. The summed E-state index contributed by atoms with van der Waals surface area (Å²) in [5.41, 5.74) is 0.835. The molecule has 1 aromatic heterocycles. The fourth-order valence-corrected chi connectivity index (χ4v) is 1.68. The Morgan fingerprint density at radius 1 is 1.62 bits per heavy atom. The van der Waals surface area contributed by atoms with Gasteiger partial charge in [0.15, 0.2) is 0 Å². The number of hydrogen-bond acceptors (Lipinski definition) is 3. The molecule has 0 saturated carbocycles. The summed E-state index contributed by atoms with van der Waals surface area (Å²) in [7, 11) is 0. The van der Waals surface area contributed by atoms with Gasteiger partial charge >= 0.3 is 0 Å². The zero-order valence-corrected chi connectivity index (χ0v) is 10.6. The third kappa shape index (κ3) is 3.04. The monoisotopic (exact) mass is 281 g/mol. The van der Waals surface area contributed by atoms with Crippen molar-refractivity contribution in [1.29, 1.82) is 5.26 Å². The summed E-state index contributed by atoms with van der Waals surface area (Å²) in [5.74, 6) is -0.105. The van der Waals surface area contributed by atoms with E-state index in [1.807, 2.05) is 13.0 Å². The molecule has 0 spiro atoms. The van der Waals surface area contributed by atoms with Gasteiger partial charge in [0.05, 0.1) is 5.56 Å². The van der Waals surface area contributed by atoms with Crippen LogP contribution in [0.15, 0.2) is 18.3 Å². The number of alkyl halides is 1. The number of hydrogen-bond donors (Lipinski definition) is 0. The summed E-state index contributed by atoms with van der Waals surface area (Å²) in [4.78, 5) is 17.6. The van der Waals surface area contributed by atoms with Crippen LogP contribution in [0.1, 0.15) is 23.0 Å². The zero-order chi connectivity index (χ0) is 12.0. The molecule has 0 aliphatic carbocycles. The second kappa shape index (κ2) is 6.23. The van der Waals surface area contributed by atoms with Crippen LogP contribution in [0.2, 0.25) is 0 Å². The molecular weight excluding hydrogens is 270 g/mol. The molecule has 0 N–H and O–H groups in total. The lowest BCUT2D eigenvalue weighted by Gasteiger charge is -2.18. The van der Waals surface area contributed by atoms with E-state index >= 15 is 0 Å². The van der Waals surface area contributed by atoms with Crippen molar-refractivity contribution >= 4 is 21.8 Å². The van der Waals surface area contributed by atoms with Crippen molar-refractivity contribution in [3.05, 3.63) is 29.6 Å². The molecule has 16 heavy (non-hydrogen) atoms. The van der Waals surface area contributed by atoms with Gasteiger partial charge in [-0.15, -0.1) is 0 Å². The lowest BCUT2D eigenvalue weighted by Crippen LogP contribution is -2.33. The number of amides is 1. The minimum absolute atomic E-state index is 0.105. The number of halogens is 1. The van der Waals surface area contributed by atoms with Crippen molar-refractivity contribution in [2.75, 3.05) is 18.4 Å². The van der Waals surface area contributed by atoms with E-state index in [1.54, 1.807) is 17.0 Å². The molecule has 1 heterocycles. The van der Waals surface area contributed by atoms with Crippen LogP contribution in [-0.2, 0) is 0 Å². The van der Waals surface area contributed by atoms with Gasteiger partial charge in [-0.3, -0.25) is 4.79 Å². The molecule has 0 unspecified atom stereocenters. The number of carbonyl (C=O) groups excluding carboxylic acids is 1. The molecule has 0 atom stereocenters. The Labute approximate surface area is 103 Å². The van der Waals surface area contributed by atoms with Gasteiger partial charge in [0, 0.05) is 24.6 Å². The second-order valence-electron chi connectivity index (χ2n) is 3.12. The van der Waals surface area contributed by atoms with E-state index in [-0.39, 0.29) is 5.91 Å². The predicted molar refractivity (Wildman–Crippen MR) is 64.3 cm³/mol. The Kier molecular flexibility index (Phi) is 4.93. The van der Waals surface area contributed by atoms with E-state index in [1.165, 1.54) is 6.20 Å². The van der Waals surface area contributed by atoms with Crippen molar-refractivity contribution in [2.45, 2.75) is 6.92 Å². The lowest BCUT2D eigenvalue weighted by atomic mass is 10.2. The van der Waals surface area contributed by atoms with Gasteiger partial charge in [0.1, 0.15) is 11.8 Å². The summed E-state index contributed by atoms with van der Waals surface area (Å²) in [6.45, 7) is 3.22. The van der Waals surface area contributed by atoms with Gasteiger partial charge in [-0.1, -0.05) is 15.9 Å². The topological polar surface area (TPSA) is 57.0 Å². The van der Waals surface area contributed by atoms with E-state index in [2.05, 4.69) is 20.9 Å². The maximum atomic E-state index is 11.9. The summed E-state index contributed by atoms with van der Waals surface area (Å²) in [6, 6.07) is 5.15. The Morgan fingerprint density at radius 3 is 2.81 bits per heavy atom. The molecule has 5 heteroatoms. The van der Waals surface area contributed by atoms with E-state index < -0.39 is 0 Å². The fourth-order valence-electron chi connectivity index (χ4n) is 1.25. The van der Waals surface area contributed by atoms with Crippen LogP contribution in [0.5, 0.6) is 0 Å². The molecule has 0 saturated heterocycles. The van der Waals surface area contributed by atoms with Crippen LogP contribution in [0, 0.1) is 11.3 Å². The summed E-state index contributed by atoms with van der Waals surface area (Å²) < 4.78 is 0. The number of rotatable bonds is 4. The molecule has 0 radical (unpaired) electrons. The van der Waals surface area contributed by atoms with Crippen LogP contribution >= 0.6 is 15.9 Å². The molecule has 0 aliphatic heterocycles. The van der Waals surface area contributed by atoms with Crippen molar-refractivity contribution in [3.63, 3.8) is 0 Å². The average molecular weight is 282 g/mol. The zero-order valence-electron chi connectivity index (χ0n) is 8.98. The molecular formula is C11H12BrN3O. The first-order valence-corrected chi connectivity index (χ1v) is 6.06. The third-order valence-electron chi connectivity index (χ3n) is 2.14. The molecule has 4 nitrogen and oxygen atoms in total. The first-order chi connectivity index (χ1) is 7.72. The predicted octanol–water partition coefficient (Wildman–Crippen LogP) is 1.81. The highest BCUT2D eigenvalue weighted by atomic mass is 79.9. The molecule has 1 amide bonds. The Balaban J connectivity index is 2.83. The number of carbonyl (C=O) groups is 1. The van der Waals surface area contributed by atoms with Crippen molar-refractivity contribution < 1.29 is 4.79 Å². The maximum absolute atomic E-state index is 11.9. The molecule has 0 bridgehead atoms. The smallest absolute Gasteiger partial charge is 0.272 e. The van der Waals surface area contributed by atoms with Gasteiger partial charge in [0.25, 0.3) is 5.91 Å². The Bertz CT molecular complexity index is 397. The van der Waals surface area contributed by atoms with E-state index in [4.69, 9.17) is 5.26 Å². The quantitative estimate of drug-likeness (QED) is 0.791. The van der Waals surface area contributed by atoms with Crippen LogP contribution in [-0.4, -0.2) is 34.2 Å². The number of nitrogens with zero attached hydrogens (tertiary/aromatic N) is 3. The van der Waals surface area contributed by atoms with Crippen LogP contribution < -0.4 is 0 Å². The van der Waals surface area contributed by atoms with E-state index in [0.29, 0.717) is 24.3 Å². The van der Waals surface area contributed by atoms with Gasteiger partial charge in [0.2, 0.25) is 0 Å². The van der Waals surface area contributed by atoms with E-state index in [0.717, 1.165) is 5.33 Å². The fraction of sp³-hybridized carbons (Fsp3) is 0.364. The summed E-state index contributed by atoms with van der Waals surface area (Å²) >= 11 is 3.30. The van der Waals surface area contributed by atoms with Crippen LogP contribution in [0.4, 0.5) is 0 Å². The Morgan fingerprint density at radius 2 is 2.38 bits per heavy atom. The second-order valence-corrected chi connectivity index (χ2v) is 3.91. The average Bonchev–Trinajstić information content (AvgIpc) is 2.35. The highest BCUT2D eigenvalue weighted by Gasteiger charge is 2.14. The summed E-state index contributed by atoms with van der Waals surface area (Å²) in [5, 5.41) is 9.35. The van der Waals surface area contributed by atoms with Gasteiger partial charge in [-0.2, -0.15) is 5.26 Å². The Hall–Kier alpha value is -1.41. The highest BCUT2D eigenvalue weighted by molar-refractivity contribution is 9.09. The van der Waals surface area contributed by atoms with Gasteiger partial charge < -0.3 is 4.90 Å². The molecule has 0 fully saturated rings. The first-order valence-electron chi connectivity index (χ1n) is 4.94. The SMILES string of the molecule is CCN(CCBr)C(=O)c1ccc(C#N)cn1. The van der Waals surface area contributed by atoms with Crippen LogP contribution in [0.3, 0.4) is 0 Å². The minimum atomic E-state index is -0.105. The first kappa shape index (κ1) is 12.7. The number of nitriles is 1. The number of aromatic nitrogens is 1. The maximum Gasteiger partial charge on any atom is 0.272 e. The summed E-state index contributed by atoms with van der Waals surface area (Å²) in [6.07, 6.45) is 1.41. The van der Waals surface area contributed by atoms with Crippen molar-refractivity contribution in [2.24, 2.45) is 0 Å².